The Hall–Kier alpha value is -4.07. The maximum atomic E-state index is 13.3. The van der Waals surface area contributed by atoms with Gasteiger partial charge in [-0.05, 0) is 61.4 Å². The van der Waals surface area contributed by atoms with E-state index in [1.54, 1.807) is 49.4 Å². The number of nitrogens with zero attached hydrogens (tertiary/aromatic N) is 2. The number of aliphatic hydroxyl groups is 1. The molecule has 1 fully saturated rings. The van der Waals surface area contributed by atoms with Gasteiger partial charge in [-0.3, -0.25) is 9.59 Å². The lowest BCUT2D eigenvalue weighted by molar-refractivity contribution is -0.140. The summed E-state index contributed by atoms with van der Waals surface area (Å²) in [6.07, 6.45) is 0.407. The van der Waals surface area contributed by atoms with Gasteiger partial charge in [0.1, 0.15) is 41.5 Å². The SMILES string of the molecule is Cc1ccc(C2/C(=C(/O)c3ccc4c(c3)N(C)CCO4)C(=O)C(=O)N2CCc2ccc(F)cc2)o1. The van der Waals surface area contributed by atoms with Crippen molar-refractivity contribution in [2.24, 2.45) is 0 Å². The van der Waals surface area contributed by atoms with E-state index in [0.717, 1.165) is 11.3 Å². The predicted molar refractivity (Wildman–Crippen MR) is 128 cm³/mol. The Labute approximate surface area is 202 Å². The van der Waals surface area contributed by atoms with Crippen molar-refractivity contribution < 1.29 is 28.2 Å². The summed E-state index contributed by atoms with van der Waals surface area (Å²) in [5, 5.41) is 11.3. The molecule has 0 radical (unpaired) electrons. The number of hydrogen-bond donors (Lipinski definition) is 1. The van der Waals surface area contributed by atoms with Gasteiger partial charge in [-0.25, -0.2) is 4.39 Å². The number of likely N-dealkylation sites (N-methyl/N-ethyl adjacent to an activating group) is 1. The van der Waals surface area contributed by atoms with Gasteiger partial charge in [0.25, 0.3) is 11.7 Å². The van der Waals surface area contributed by atoms with E-state index in [0.29, 0.717) is 42.4 Å². The van der Waals surface area contributed by atoms with Gasteiger partial charge in [-0.1, -0.05) is 12.1 Å². The molecule has 2 aliphatic heterocycles. The van der Waals surface area contributed by atoms with Gasteiger partial charge in [-0.15, -0.1) is 0 Å². The monoisotopic (exact) mass is 476 g/mol. The second-order valence-corrected chi connectivity index (χ2v) is 8.77. The van der Waals surface area contributed by atoms with Crippen molar-refractivity contribution in [1.29, 1.82) is 0 Å². The van der Waals surface area contributed by atoms with Gasteiger partial charge in [-0.2, -0.15) is 0 Å². The molecule has 7 nitrogen and oxygen atoms in total. The lowest BCUT2D eigenvalue weighted by Crippen LogP contribution is -2.31. The molecule has 1 amide bonds. The van der Waals surface area contributed by atoms with Gasteiger partial charge < -0.3 is 24.1 Å². The van der Waals surface area contributed by atoms with Crippen molar-refractivity contribution in [2.45, 2.75) is 19.4 Å². The summed E-state index contributed by atoms with van der Waals surface area (Å²) >= 11 is 0. The minimum atomic E-state index is -0.880. The third-order valence-corrected chi connectivity index (χ3v) is 6.45. The molecule has 3 heterocycles. The molecule has 1 unspecified atom stereocenters. The number of hydrogen-bond acceptors (Lipinski definition) is 6. The largest absolute Gasteiger partial charge is 0.507 e. The van der Waals surface area contributed by atoms with E-state index >= 15 is 0 Å². The molecule has 180 valence electrons. The van der Waals surface area contributed by atoms with E-state index in [1.807, 2.05) is 11.9 Å². The second kappa shape index (κ2) is 8.94. The molecular weight excluding hydrogens is 451 g/mol. The molecule has 8 heteroatoms. The zero-order chi connectivity index (χ0) is 24.7. The number of furan rings is 1. The van der Waals surface area contributed by atoms with Gasteiger partial charge in [0.15, 0.2) is 0 Å². The number of carbonyl (C=O) groups is 2. The minimum Gasteiger partial charge on any atom is -0.507 e. The summed E-state index contributed by atoms with van der Waals surface area (Å²) in [6.45, 7) is 3.22. The summed E-state index contributed by atoms with van der Waals surface area (Å²) in [4.78, 5) is 29.7. The number of aliphatic hydroxyl groups excluding tert-OH is 1. The summed E-state index contributed by atoms with van der Waals surface area (Å²) < 4.78 is 24.8. The molecule has 1 atom stereocenters. The molecule has 0 aliphatic carbocycles. The molecule has 0 bridgehead atoms. The highest BCUT2D eigenvalue weighted by atomic mass is 19.1. The number of likely N-dealkylation sites (tertiary alicyclic amines) is 1. The molecule has 5 rings (SSSR count). The van der Waals surface area contributed by atoms with Gasteiger partial charge in [0.05, 0.1) is 17.8 Å². The van der Waals surface area contributed by atoms with Crippen LogP contribution in [0, 0.1) is 12.7 Å². The number of aryl methyl sites for hydroxylation is 1. The number of ether oxygens (including phenoxy) is 1. The number of halogens is 1. The Balaban J connectivity index is 1.55. The van der Waals surface area contributed by atoms with Crippen LogP contribution in [0.3, 0.4) is 0 Å². The molecule has 1 aromatic heterocycles. The Morgan fingerprint density at radius 3 is 2.60 bits per heavy atom. The number of rotatable bonds is 5. The number of fused-ring (bicyclic) bond motifs is 1. The highest BCUT2D eigenvalue weighted by Crippen LogP contribution is 2.41. The Kier molecular flexibility index (Phi) is 5.80. The van der Waals surface area contributed by atoms with E-state index in [2.05, 4.69) is 0 Å². The summed E-state index contributed by atoms with van der Waals surface area (Å²) in [6, 6.07) is 13.7. The Morgan fingerprint density at radius 1 is 1.11 bits per heavy atom. The third kappa shape index (κ3) is 4.16. The maximum absolute atomic E-state index is 13.3. The fourth-order valence-electron chi connectivity index (χ4n) is 4.56. The maximum Gasteiger partial charge on any atom is 0.295 e. The number of ketones is 1. The van der Waals surface area contributed by atoms with Gasteiger partial charge in [0, 0.05) is 19.2 Å². The van der Waals surface area contributed by atoms with Crippen LogP contribution >= 0.6 is 0 Å². The standard InChI is InChI=1S/C27H25FN2O5/c1-16-3-9-22(35-16)24-23(25(31)18-6-10-21-20(15-18)29(2)13-14-34-21)26(32)27(33)30(24)12-11-17-4-7-19(28)8-5-17/h3-10,15,24,31H,11-14H2,1-2H3/b25-23-. The first kappa shape index (κ1) is 22.7. The molecule has 2 aromatic carbocycles. The average molecular weight is 477 g/mol. The summed E-state index contributed by atoms with van der Waals surface area (Å²) in [5.41, 5.74) is 1.99. The highest BCUT2D eigenvalue weighted by Gasteiger charge is 2.47. The van der Waals surface area contributed by atoms with Crippen molar-refractivity contribution in [2.75, 3.05) is 31.6 Å². The molecule has 3 aromatic rings. The van der Waals surface area contributed by atoms with Crippen molar-refractivity contribution in [3.05, 3.63) is 88.6 Å². The molecular formula is C27H25FN2O5. The fourth-order valence-corrected chi connectivity index (χ4v) is 4.56. The molecule has 1 saturated heterocycles. The predicted octanol–water partition coefficient (Wildman–Crippen LogP) is 4.22. The second-order valence-electron chi connectivity index (χ2n) is 8.77. The number of Topliss-reactive ketones (excluding diaryl/α,β-unsaturated/α-hetero) is 1. The Morgan fingerprint density at radius 2 is 1.89 bits per heavy atom. The van der Waals surface area contributed by atoms with Crippen molar-refractivity contribution >= 4 is 23.1 Å². The zero-order valence-corrected chi connectivity index (χ0v) is 19.5. The lowest BCUT2D eigenvalue weighted by atomic mass is 9.98. The lowest BCUT2D eigenvalue weighted by Gasteiger charge is -2.28. The van der Waals surface area contributed by atoms with Crippen LogP contribution in [0.15, 0.2) is 64.6 Å². The summed E-state index contributed by atoms with van der Waals surface area (Å²) in [7, 11) is 1.92. The van der Waals surface area contributed by atoms with E-state index in [9.17, 15) is 19.1 Å². The smallest absolute Gasteiger partial charge is 0.295 e. The fraction of sp³-hybridized carbons (Fsp3) is 0.259. The molecule has 1 N–H and O–H groups in total. The zero-order valence-electron chi connectivity index (χ0n) is 19.5. The number of benzene rings is 2. The van der Waals surface area contributed by atoms with Crippen molar-refractivity contribution in [3.63, 3.8) is 0 Å². The van der Waals surface area contributed by atoms with E-state index in [-0.39, 0.29) is 23.7 Å². The Bertz CT molecular complexity index is 1330. The van der Waals surface area contributed by atoms with E-state index < -0.39 is 17.7 Å². The first-order valence-corrected chi connectivity index (χ1v) is 11.4. The number of anilines is 1. The topological polar surface area (TPSA) is 83.2 Å². The molecule has 2 aliphatic rings. The van der Waals surface area contributed by atoms with Crippen LogP contribution in [-0.4, -0.2) is 48.4 Å². The van der Waals surface area contributed by atoms with Crippen LogP contribution in [-0.2, 0) is 16.0 Å². The van der Waals surface area contributed by atoms with Crippen LogP contribution in [0.1, 0.15) is 28.7 Å². The van der Waals surface area contributed by atoms with Gasteiger partial charge in [0.2, 0.25) is 0 Å². The van der Waals surface area contributed by atoms with E-state index in [4.69, 9.17) is 9.15 Å². The van der Waals surface area contributed by atoms with Gasteiger partial charge >= 0.3 is 0 Å². The van der Waals surface area contributed by atoms with Crippen molar-refractivity contribution in [1.82, 2.24) is 4.90 Å². The molecule has 35 heavy (non-hydrogen) atoms. The van der Waals surface area contributed by atoms with Crippen LogP contribution in [0.25, 0.3) is 5.76 Å². The van der Waals surface area contributed by atoms with E-state index in [1.165, 1.54) is 17.0 Å². The number of carbonyl (C=O) groups excluding carboxylic acids is 2. The minimum absolute atomic E-state index is 0.0252. The molecule has 0 spiro atoms. The van der Waals surface area contributed by atoms with Crippen molar-refractivity contribution in [3.8, 4) is 5.75 Å². The normalized spacial score (nSPS) is 19.1. The molecule has 0 saturated carbocycles. The average Bonchev–Trinajstić information content (AvgIpc) is 3.39. The first-order valence-electron chi connectivity index (χ1n) is 11.4. The first-order chi connectivity index (χ1) is 16.8. The quantitative estimate of drug-likeness (QED) is 0.337. The van der Waals surface area contributed by atoms with Crippen LogP contribution in [0.5, 0.6) is 5.75 Å². The van der Waals surface area contributed by atoms with Crippen LogP contribution < -0.4 is 9.64 Å². The van der Waals surface area contributed by atoms with Crippen LogP contribution in [0.4, 0.5) is 10.1 Å². The van der Waals surface area contributed by atoms with Crippen LogP contribution in [0.2, 0.25) is 0 Å². The number of amides is 1. The highest BCUT2D eigenvalue weighted by molar-refractivity contribution is 6.46. The summed E-state index contributed by atoms with van der Waals surface area (Å²) in [5.74, 6) is -0.408. The third-order valence-electron chi connectivity index (χ3n) is 6.45.